The van der Waals surface area contributed by atoms with E-state index in [-0.39, 0.29) is 23.5 Å². The molecular weight excluding hydrogens is 346 g/mol. The third kappa shape index (κ3) is 1.30. The van der Waals surface area contributed by atoms with Crippen LogP contribution in [-0.4, -0.2) is 13.9 Å². The first kappa shape index (κ1) is 12.5. The minimum Gasteiger partial charge on any atom is -0.245 e. The number of halogens is 1. The molecule has 0 fully saturated rings. The van der Waals surface area contributed by atoms with Crippen molar-refractivity contribution in [2.45, 2.75) is 12.1 Å². The molecule has 0 saturated carbocycles. The van der Waals surface area contributed by atoms with E-state index in [1.165, 1.54) is 4.57 Å². The Bertz CT molecular complexity index is 964. The van der Waals surface area contributed by atoms with Crippen LogP contribution >= 0.6 is 15.9 Å². The summed E-state index contributed by atoms with van der Waals surface area (Å²) < 4.78 is 5.50. The van der Waals surface area contributed by atoms with Gasteiger partial charge in [-0.25, -0.2) is 23.5 Å². The van der Waals surface area contributed by atoms with Gasteiger partial charge in [-0.3, -0.25) is 0 Å². The fourth-order valence-corrected chi connectivity index (χ4v) is 4.66. The van der Waals surface area contributed by atoms with Crippen molar-refractivity contribution in [3.05, 3.63) is 74.0 Å². The van der Waals surface area contributed by atoms with Gasteiger partial charge in [-0.15, -0.1) is 0 Å². The maximum absolute atomic E-state index is 12.9. The summed E-state index contributed by atoms with van der Waals surface area (Å²) in [7, 11) is 0. The average Bonchev–Trinajstić information content (AvgIpc) is 2.74. The van der Waals surface area contributed by atoms with Crippen LogP contribution in [0.5, 0.6) is 0 Å². The molecule has 0 spiro atoms. The van der Waals surface area contributed by atoms with Crippen LogP contribution in [0.25, 0.3) is 5.69 Å². The van der Waals surface area contributed by atoms with Crippen molar-refractivity contribution in [2.24, 2.45) is 11.8 Å². The Morgan fingerprint density at radius 2 is 1.59 bits per heavy atom. The quantitative estimate of drug-likeness (QED) is 0.732. The van der Waals surface area contributed by atoms with E-state index in [2.05, 4.69) is 34.2 Å². The van der Waals surface area contributed by atoms with E-state index in [1.807, 2.05) is 18.2 Å². The molecule has 110 valence electrons. The molecule has 4 atom stereocenters. The molecule has 2 aliphatic carbocycles. The number of rotatable bonds is 1. The number of para-hydroxylation sites is 1. The second-order valence-corrected chi connectivity index (χ2v) is 6.87. The lowest BCUT2D eigenvalue weighted by atomic mass is 9.68. The van der Waals surface area contributed by atoms with Gasteiger partial charge in [-0.2, -0.15) is 0 Å². The van der Waals surface area contributed by atoms with Crippen LogP contribution < -0.4 is 11.4 Å². The maximum atomic E-state index is 12.9. The summed E-state index contributed by atoms with van der Waals surface area (Å²) in [6, 6.07) is 8.91. The molecule has 0 amide bonds. The topological polar surface area (TPSA) is 48.9 Å². The van der Waals surface area contributed by atoms with Crippen LogP contribution in [-0.2, 0) is 0 Å². The molecule has 0 saturated heterocycles. The van der Waals surface area contributed by atoms with Gasteiger partial charge in [0, 0.05) is 16.3 Å². The average molecular weight is 358 g/mol. The molecule has 2 bridgehead atoms. The first-order valence-corrected chi connectivity index (χ1v) is 8.05. The summed E-state index contributed by atoms with van der Waals surface area (Å²) in [4.78, 5) is 25.7. The third-order valence-corrected chi connectivity index (χ3v) is 5.67. The smallest absolute Gasteiger partial charge is 0.245 e. The molecule has 0 radical (unpaired) electrons. The van der Waals surface area contributed by atoms with Crippen molar-refractivity contribution >= 4 is 15.9 Å². The van der Waals surface area contributed by atoms with Crippen LogP contribution in [0.15, 0.2) is 62.6 Å². The van der Waals surface area contributed by atoms with Crippen molar-refractivity contribution < 1.29 is 0 Å². The van der Waals surface area contributed by atoms with E-state index >= 15 is 0 Å². The second kappa shape index (κ2) is 4.01. The highest BCUT2D eigenvalue weighted by Gasteiger charge is 2.50. The summed E-state index contributed by atoms with van der Waals surface area (Å²) in [6.07, 6.45) is 6.33. The third-order valence-electron chi connectivity index (χ3n) is 4.94. The molecule has 1 aromatic carbocycles. The van der Waals surface area contributed by atoms with Gasteiger partial charge < -0.3 is 0 Å². The molecule has 0 unspecified atom stereocenters. The second-order valence-electron chi connectivity index (χ2n) is 5.95. The number of allylic oxidation sites excluding steroid dienone is 4. The first-order chi connectivity index (χ1) is 10.7. The standard InChI is InChI=1S/C16H12BrN3O2/c17-12-8-13-10-6-7-11(10)14(12)20-16(22)18(15(21)19(13)20)9-4-2-1-3-5-9/h1-8,10-11,13-14H/t10-,11-,13+,14-/m1/s1. The lowest BCUT2D eigenvalue weighted by Gasteiger charge is -2.49. The predicted octanol–water partition coefficient (Wildman–Crippen LogP) is 1.99. The Kier molecular flexibility index (Phi) is 2.27. The van der Waals surface area contributed by atoms with Crippen LogP contribution in [0.4, 0.5) is 0 Å². The summed E-state index contributed by atoms with van der Waals surface area (Å²) >= 11 is 3.58. The predicted molar refractivity (Wildman–Crippen MR) is 85.5 cm³/mol. The Morgan fingerprint density at radius 3 is 2.27 bits per heavy atom. The van der Waals surface area contributed by atoms with E-state index < -0.39 is 0 Å². The summed E-state index contributed by atoms with van der Waals surface area (Å²) in [5, 5.41) is 0. The van der Waals surface area contributed by atoms with Crippen molar-refractivity contribution in [3.63, 3.8) is 0 Å². The zero-order valence-electron chi connectivity index (χ0n) is 11.5. The van der Waals surface area contributed by atoms with Gasteiger partial charge in [0.1, 0.15) is 0 Å². The summed E-state index contributed by atoms with van der Waals surface area (Å²) in [6.45, 7) is 0. The number of benzene rings is 1. The maximum Gasteiger partial charge on any atom is 0.352 e. The molecular formula is C16H12BrN3O2. The molecule has 5 nitrogen and oxygen atoms in total. The Morgan fingerprint density at radius 1 is 0.909 bits per heavy atom. The molecule has 2 aromatic rings. The Hall–Kier alpha value is -2.08. The summed E-state index contributed by atoms with van der Waals surface area (Å²) in [5.41, 5.74) is 0.0823. The molecule has 0 N–H and O–H groups in total. The molecule has 22 heavy (non-hydrogen) atoms. The van der Waals surface area contributed by atoms with Gasteiger partial charge in [0.15, 0.2) is 0 Å². The van der Waals surface area contributed by atoms with E-state index in [4.69, 9.17) is 0 Å². The van der Waals surface area contributed by atoms with Crippen molar-refractivity contribution in [3.8, 4) is 5.69 Å². The van der Waals surface area contributed by atoms with E-state index in [1.54, 1.807) is 21.5 Å². The van der Waals surface area contributed by atoms with Gasteiger partial charge in [0.2, 0.25) is 0 Å². The van der Waals surface area contributed by atoms with E-state index in [0.717, 1.165) is 4.48 Å². The highest BCUT2D eigenvalue weighted by atomic mass is 79.9. The lowest BCUT2D eigenvalue weighted by Crippen LogP contribution is -2.51. The first-order valence-electron chi connectivity index (χ1n) is 7.25. The van der Waals surface area contributed by atoms with Gasteiger partial charge in [0.25, 0.3) is 0 Å². The lowest BCUT2D eigenvalue weighted by molar-refractivity contribution is 0.136. The number of hydrogen-bond donors (Lipinski definition) is 0. The molecule has 1 aromatic heterocycles. The molecule has 6 rings (SSSR count). The SMILES string of the molecule is O=c1n(-c2ccccc2)c(=O)n2n1[C@H]1C=C(Br)[C@H]2[C@@H]2C=C[C@H]21. The van der Waals surface area contributed by atoms with Crippen LogP contribution in [0.1, 0.15) is 12.1 Å². The molecule has 3 heterocycles. The minimum atomic E-state index is -0.269. The Labute approximate surface area is 133 Å². The van der Waals surface area contributed by atoms with Gasteiger partial charge in [-0.05, 0) is 18.2 Å². The zero-order valence-corrected chi connectivity index (χ0v) is 13.1. The van der Waals surface area contributed by atoms with E-state index in [9.17, 15) is 9.59 Å². The number of hydrogen-bond acceptors (Lipinski definition) is 2. The molecule has 6 heteroatoms. The highest BCUT2D eigenvalue weighted by Crippen LogP contribution is 2.53. The fourth-order valence-electron chi connectivity index (χ4n) is 3.89. The van der Waals surface area contributed by atoms with Gasteiger partial charge >= 0.3 is 11.4 Å². The van der Waals surface area contributed by atoms with Crippen LogP contribution in [0.3, 0.4) is 0 Å². The largest absolute Gasteiger partial charge is 0.352 e. The van der Waals surface area contributed by atoms with Crippen molar-refractivity contribution in [1.29, 1.82) is 0 Å². The number of aromatic nitrogens is 3. The minimum absolute atomic E-state index is 0.0838. The van der Waals surface area contributed by atoms with Crippen LogP contribution in [0.2, 0.25) is 0 Å². The van der Waals surface area contributed by atoms with Crippen LogP contribution in [0, 0.1) is 11.8 Å². The normalized spacial score (nSPS) is 30.5. The molecule has 4 aliphatic rings. The highest BCUT2D eigenvalue weighted by molar-refractivity contribution is 9.11. The van der Waals surface area contributed by atoms with E-state index in [0.29, 0.717) is 17.5 Å². The van der Waals surface area contributed by atoms with Crippen molar-refractivity contribution in [2.75, 3.05) is 0 Å². The number of nitrogens with zero attached hydrogens (tertiary/aromatic N) is 3. The molecule has 2 aliphatic heterocycles. The Balaban J connectivity index is 1.83. The van der Waals surface area contributed by atoms with Gasteiger partial charge in [0.05, 0.1) is 17.8 Å². The monoisotopic (exact) mass is 357 g/mol. The van der Waals surface area contributed by atoms with Crippen molar-refractivity contribution in [1.82, 2.24) is 13.9 Å². The fraction of sp³-hybridized carbons (Fsp3) is 0.250. The zero-order chi connectivity index (χ0) is 15.0. The summed E-state index contributed by atoms with van der Waals surface area (Å²) in [5.74, 6) is 0.614. The van der Waals surface area contributed by atoms with Gasteiger partial charge in [-0.1, -0.05) is 46.3 Å².